The topological polar surface area (TPSA) is 83.2 Å². The van der Waals surface area contributed by atoms with E-state index in [1.807, 2.05) is 21.9 Å². The lowest BCUT2D eigenvalue weighted by Gasteiger charge is -2.35. The largest absolute Gasteiger partial charge is 0.373 e. The molecule has 1 amide bonds. The lowest BCUT2D eigenvalue weighted by atomic mass is 10.2. The summed E-state index contributed by atoms with van der Waals surface area (Å²) in [6.07, 6.45) is 1.52. The molecule has 1 aliphatic heterocycles. The maximum absolute atomic E-state index is 13.9. The molecule has 1 saturated heterocycles. The Morgan fingerprint density at radius 1 is 1.04 bits per heavy atom. The Balaban J connectivity index is 1.65. The average molecular weight is 375 g/mol. The van der Waals surface area contributed by atoms with Gasteiger partial charge in [-0.3, -0.25) is 4.79 Å². The van der Waals surface area contributed by atoms with E-state index in [0.717, 1.165) is 0 Å². The molecule has 2 aromatic carbocycles. The number of hydrogen-bond donors (Lipinski definition) is 1. The molecular formula is C21H18FN5O. The molecule has 0 unspecified atom stereocenters. The SMILES string of the molecule is N#C/C(=C/N1CCN(c2ccccc2F)CC1)C(=O)Nc1ccccc1C#N. The second-order valence-corrected chi connectivity index (χ2v) is 6.24. The van der Waals surface area contributed by atoms with Gasteiger partial charge in [0, 0.05) is 32.4 Å². The minimum Gasteiger partial charge on any atom is -0.373 e. The van der Waals surface area contributed by atoms with Crippen LogP contribution in [0, 0.1) is 28.5 Å². The van der Waals surface area contributed by atoms with Gasteiger partial charge in [0.15, 0.2) is 0 Å². The summed E-state index contributed by atoms with van der Waals surface area (Å²) in [5, 5.41) is 21.1. The van der Waals surface area contributed by atoms with E-state index >= 15 is 0 Å². The van der Waals surface area contributed by atoms with Crippen molar-refractivity contribution in [3.8, 4) is 12.1 Å². The molecule has 0 atom stereocenters. The van der Waals surface area contributed by atoms with E-state index in [-0.39, 0.29) is 11.4 Å². The first-order chi connectivity index (χ1) is 13.6. The molecule has 2 aromatic rings. The predicted molar refractivity (Wildman–Crippen MR) is 104 cm³/mol. The number of rotatable bonds is 4. The molecule has 1 heterocycles. The lowest BCUT2D eigenvalue weighted by molar-refractivity contribution is -0.112. The van der Waals surface area contributed by atoms with Crippen molar-refractivity contribution in [3.63, 3.8) is 0 Å². The second-order valence-electron chi connectivity index (χ2n) is 6.24. The Morgan fingerprint density at radius 3 is 2.39 bits per heavy atom. The van der Waals surface area contributed by atoms with Crippen LogP contribution in [0.5, 0.6) is 0 Å². The van der Waals surface area contributed by atoms with E-state index < -0.39 is 5.91 Å². The van der Waals surface area contributed by atoms with Crippen LogP contribution in [0.2, 0.25) is 0 Å². The van der Waals surface area contributed by atoms with Gasteiger partial charge in [0.25, 0.3) is 5.91 Å². The van der Waals surface area contributed by atoms with Gasteiger partial charge >= 0.3 is 0 Å². The number of para-hydroxylation sites is 2. The molecule has 0 aromatic heterocycles. The van der Waals surface area contributed by atoms with Crippen LogP contribution in [0.15, 0.2) is 60.3 Å². The first-order valence-electron chi connectivity index (χ1n) is 8.78. The number of benzene rings is 2. The predicted octanol–water partition coefficient (Wildman–Crippen LogP) is 2.87. The third-order valence-corrected chi connectivity index (χ3v) is 4.48. The number of carbonyl (C=O) groups excluding carboxylic acids is 1. The molecule has 0 bridgehead atoms. The van der Waals surface area contributed by atoms with Gasteiger partial charge in [-0.15, -0.1) is 0 Å². The number of nitriles is 2. The summed E-state index contributed by atoms with van der Waals surface area (Å²) < 4.78 is 13.9. The summed E-state index contributed by atoms with van der Waals surface area (Å²) in [6.45, 7) is 2.27. The van der Waals surface area contributed by atoms with Crippen molar-refractivity contribution >= 4 is 17.3 Å². The Labute approximate surface area is 162 Å². The van der Waals surface area contributed by atoms with Gasteiger partial charge in [-0.1, -0.05) is 24.3 Å². The summed E-state index contributed by atoms with van der Waals surface area (Å²) >= 11 is 0. The van der Waals surface area contributed by atoms with Crippen molar-refractivity contribution in [2.24, 2.45) is 0 Å². The highest BCUT2D eigenvalue weighted by atomic mass is 19.1. The van der Waals surface area contributed by atoms with Crippen LogP contribution in [0.1, 0.15) is 5.56 Å². The fourth-order valence-corrected chi connectivity index (χ4v) is 3.00. The lowest BCUT2D eigenvalue weighted by Crippen LogP contribution is -2.44. The van der Waals surface area contributed by atoms with Gasteiger partial charge in [-0.05, 0) is 24.3 Å². The zero-order valence-corrected chi connectivity index (χ0v) is 15.1. The molecule has 1 aliphatic rings. The van der Waals surface area contributed by atoms with Crippen molar-refractivity contribution in [1.29, 1.82) is 10.5 Å². The van der Waals surface area contributed by atoms with Crippen LogP contribution in [-0.4, -0.2) is 37.0 Å². The van der Waals surface area contributed by atoms with Gasteiger partial charge in [0.05, 0.1) is 16.9 Å². The smallest absolute Gasteiger partial charge is 0.267 e. The van der Waals surface area contributed by atoms with Gasteiger partial charge in [0.1, 0.15) is 23.5 Å². The summed E-state index contributed by atoms with van der Waals surface area (Å²) in [6, 6.07) is 17.1. The molecule has 0 radical (unpaired) electrons. The number of amides is 1. The van der Waals surface area contributed by atoms with Gasteiger partial charge in [0.2, 0.25) is 0 Å². The Bertz CT molecular complexity index is 981. The van der Waals surface area contributed by atoms with Crippen molar-refractivity contribution < 1.29 is 9.18 Å². The zero-order chi connectivity index (χ0) is 19.9. The minimum absolute atomic E-state index is 0.0490. The Hall–Kier alpha value is -3.84. The molecule has 7 heteroatoms. The first kappa shape index (κ1) is 18.9. The summed E-state index contributed by atoms with van der Waals surface area (Å²) in [4.78, 5) is 16.2. The molecular weight excluding hydrogens is 357 g/mol. The van der Waals surface area contributed by atoms with Crippen LogP contribution in [0.3, 0.4) is 0 Å². The monoisotopic (exact) mass is 375 g/mol. The molecule has 3 rings (SSSR count). The van der Waals surface area contributed by atoms with E-state index in [0.29, 0.717) is 43.1 Å². The number of nitrogens with zero attached hydrogens (tertiary/aromatic N) is 4. The maximum atomic E-state index is 13.9. The van der Waals surface area contributed by atoms with Crippen molar-refractivity contribution in [1.82, 2.24) is 4.90 Å². The summed E-state index contributed by atoms with van der Waals surface area (Å²) in [5.41, 5.74) is 1.19. The highest BCUT2D eigenvalue weighted by Gasteiger charge is 2.19. The fourth-order valence-electron chi connectivity index (χ4n) is 3.00. The number of nitrogens with one attached hydrogen (secondary N) is 1. The first-order valence-corrected chi connectivity index (χ1v) is 8.78. The Morgan fingerprint density at radius 2 is 1.71 bits per heavy atom. The van der Waals surface area contributed by atoms with Crippen LogP contribution in [-0.2, 0) is 4.79 Å². The standard InChI is InChI=1S/C21H18FN5O/c22-18-6-2-4-8-20(18)27-11-9-26(10-12-27)15-17(14-24)21(28)25-19-7-3-1-5-16(19)13-23/h1-8,15H,9-12H2,(H,25,28)/b17-15-. The molecule has 6 nitrogen and oxygen atoms in total. The number of anilines is 2. The van der Waals surface area contributed by atoms with Crippen molar-refractivity contribution in [3.05, 3.63) is 71.7 Å². The molecule has 0 saturated carbocycles. The molecule has 0 aliphatic carbocycles. The van der Waals surface area contributed by atoms with Crippen molar-refractivity contribution in [2.75, 3.05) is 36.4 Å². The molecule has 1 fully saturated rings. The highest BCUT2D eigenvalue weighted by Crippen LogP contribution is 2.20. The zero-order valence-electron chi connectivity index (χ0n) is 15.1. The van der Waals surface area contributed by atoms with Crippen LogP contribution >= 0.6 is 0 Å². The van der Waals surface area contributed by atoms with Crippen LogP contribution < -0.4 is 10.2 Å². The van der Waals surface area contributed by atoms with E-state index in [2.05, 4.69) is 5.32 Å². The molecule has 1 N–H and O–H groups in total. The van der Waals surface area contributed by atoms with Crippen LogP contribution in [0.4, 0.5) is 15.8 Å². The fraction of sp³-hybridized carbons (Fsp3) is 0.190. The van der Waals surface area contributed by atoms with E-state index in [9.17, 15) is 14.4 Å². The van der Waals surface area contributed by atoms with Gasteiger partial charge < -0.3 is 15.1 Å². The molecule has 0 spiro atoms. The summed E-state index contributed by atoms with van der Waals surface area (Å²) in [5.74, 6) is -0.832. The summed E-state index contributed by atoms with van der Waals surface area (Å²) in [7, 11) is 0. The second kappa shape index (κ2) is 8.70. The third kappa shape index (κ3) is 4.28. The molecule has 140 valence electrons. The van der Waals surface area contributed by atoms with E-state index in [1.54, 1.807) is 42.5 Å². The number of hydrogen-bond acceptors (Lipinski definition) is 5. The van der Waals surface area contributed by atoms with Crippen molar-refractivity contribution in [2.45, 2.75) is 0 Å². The average Bonchev–Trinajstić information content (AvgIpc) is 2.73. The normalized spacial score (nSPS) is 14.2. The van der Waals surface area contributed by atoms with E-state index in [1.165, 1.54) is 12.3 Å². The number of piperazine rings is 1. The van der Waals surface area contributed by atoms with Crippen LogP contribution in [0.25, 0.3) is 0 Å². The highest BCUT2D eigenvalue weighted by molar-refractivity contribution is 6.07. The van der Waals surface area contributed by atoms with E-state index in [4.69, 9.17) is 5.26 Å². The quantitative estimate of drug-likeness (QED) is 0.656. The minimum atomic E-state index is -0.568. The number of halogens is 1. The maximum Gasteiger partial charge on any atom is 0.267 e. The third-order valence-electron chi connectivity index (χ3n) is 4.48. The molecule has 28 heavy (non-hydrogen) atoms. The van der Waals surface area contributed by atoms with Gasteiger partial charge in [-0.2, -0.15) is 10.5 Å². The van der Waals surface area contributed by atoms with Gasteiger partial charge in [-0.25, -0.2) is 4.39 Å². The number of carbonyl (C=O) groups is 1. The Kier molecular flexibility index (Phi) is 5.88.